The molecule has 2 N–H and O–H groups in total. The maximum Gasteiger partial charge on any atom is 0.270 e. The summed E-state index contributed by atoms with van der Waals surface area (Å²) in [5.41, 5.74) is 1.29. The topological polar surface area (TPSA) is 66.9 Å². The van der Waals surface area contributed by atoms with Gasteiger partial charge in [-0.25, -0.2) is 9.97 Å². The molecule has 0 radical (unpaired) electrons. The van der Waals surface area contributed by atoms with Gasteiger partial charge in [-0.1, -0.05) is 13.0 Å². The third-order valence-electron chi connectivity index (χ3n) is 2.63. The van der Waals surface area contributed by atoms with E-state index in [2.05, 4.69) is 27.5 Å². The van der Waals surface area contributed by atoms with E-state index >= 15 is 0 Å². The maximum absolute atomic E-state index is 12.0. The lowest BCUT2D eigenvalue weighted by molar-refractivity contribution is 0.0945. The summed E-state index contributed by atoms with van der Waals surface area (Å²) in [6.45, 7) is 5.30. The zero-order chi connectivity index (χ0) is 14.4. The molecule has 0 aliphatic heterocycles. The molecule has 0 aliphatic rings. The highest BCUT2D eigenvalue weighted by Gasteiger charge is 2.08. The Hall–Kier alpha value is -1.95. The largest absolute Gasteiger partial charge is 0.370 e. The third-order valence-corrected chi connectivity index (χ3v) is 3.46. The smallest absolute Gasteiger partial charge is 0.270 e. The summed E-state index contributed by atoms with van der Waals surface area (Å²) in [7, 11) is 0. The Morgan fingerprint density at radius 2 is 2.20 bits per heavy atom. The molecule has 20 heavy (non-hydrogen) atoms. The molecule has 0 bridgehead atoms. The number of carbonyl (C=O) groups excluding carboxylic acids is 1. The van der Waals surface area contributed by atoms with Crippen LogP contribution < -0.4 is 10.6 Å². The molecular weight excluding hydrogens is 272 g/mol. The summed E-state index contributed by atoms with van der Waals surface area (Å²) in [5, 5.41) is 8.94. The van der Waals surface area contributed by atoms with Gasteiger partial charge in [0.05, 0.1) is 17.2 Å². The highest BCUT2D eigenvalue weighted by atomic mass is 32.1. The molecule has 2 aromatic rings. The fourth-order valence-corrected chi connectivity index (χ4v) is 2.28. The van der Waals surface area contributed by atoms with Crippen molar-refractivity contribution in [3.8, 4) is 0 Å². The van der Waals surface area contributed by atoms with Gasteiger partial charge in [0.15, 0.2) is 0 Å². The Morgan fingerprint density at radius 3 is 2.90 bits per heavy atom. The van der Waals surface area contributed by atoms with Gasteiger partial charge in [0.2, 0.25) is 0 Å². The summed E-state index contributed by atoms with van der Waals surface area (Å²) in [6, 6.07) is 5.39. The average molecular weight is 290 g/mol. The summed E-state index contributed by atoms with van der Waals surface area (Å²) in [5.74, 6) is 0.541. The molecule has 1 amide bonds. The Balaban J connectivity index is 1.94. The third kappa shape index (κ3) is 4.03. The van der Waals surface area contributed by atoms with Gasteiger partial charge in [-0.05, 0) is 25.5 Å². The highest BCUT2D eigenvalue weighted by Crippen LogP contribution is 2.08. The van der Waals surface area contributed by atoms with E-state index in [1.54, 1.807) is 17.4 Å². The molecule has 6 heteroatoms. The standard InChI is InChI=1S/C14H18N4OS/c1-3-7-15-13-6-4-5-12(18-13)14(19)16-8-11-9-20-10(2)17-11/h4-6,9H,3,7-8H2,1-2H3,(H,15,18)(H,16,19). The maximum atomic E-state index is 12.0. The quantitative estimate of drug-likeness (QED) is 0.858. The summed E-state index contributed by atoms with van der Waals surface area (Å²) < 4.78 is 0. The lowest BCUT2D eigenvalue weighted by Crippen LogP contribution is -2.24. The van der Waals surface area contributed by atoms with Crippen LogP contribution in [0, 0.1) is 6.92 Å². The van der Waals surface area contributed by atoms with Gasteiger partial charge in [0.1, 0.15) is 11.5 Å². The van der Waals surface area contributed by atoms with Crippen molar-refractivity contribution in [2.75, 3.05) is 11.9 Å². The van der Waals surface area contributed by atoms with Crippen LogP contribution in [0.5, 0.6) is 0 Å². The van der Waals surface area contributed by atoms with Gasteiger partial charge in [-0.3, -0.25) is 4.79 Å². The molecule has 2 rings (SSSR count). The minimum Gasteiger partial charge on any atom is -0.370 e. The number of aryl methyl sites for hydroxylation is 1. The van der Waals surface area contributed by atoms with Crippen molar-refractivity contribution in [3.63, 3.8) is 0 Å². The van der Waals surface area contributed by atoms with Crippen LogP contribution in [-0.4, -0.2) is 22.4 Å². The summed E-state index contributed by atoms with van der Waals surface area (Å²) in [6.07, 6.45) is 1.02. The fourth-order valence-electron chi connectivity index (χ4n) is 1.66. The van der Waals surface area contributed by atoms with Gasteiger partial charge in [0, 0.05) is 11.9 Å². The zero-order valence-corrected chi connectivity index (χ0v) is 12.5. The van der Waals surface area contributed by atoms with Gasteiger partial charge in [-0.15, -0.1) is 11.3 Å². The summed E-state index contributed by atoms with van der Waals surface area (Å²) >= 11 is 1.58. The van der Waals surface area contributed by atoms with E-state index in [1.165, 1.54) is 0 Å². The number of carbonyl (C=O) groups is 1. The molecule has 0 aromatic carbocycles. The van der Waals surface area contributed by atoms with E-state index in [4.69, 9.17) is 0 Å². The van der Waals surface area contributed by atoms with Crippen molar-refractivity contribution in [2.45, 2.75) is 26.8 Å². The van der Waals surface area contributed by atoms with Crippen molar-refractivity contribution >= 4 is 23.1 Å². The first-order chi connectivity index (χ1) is 9.69. The molecule has 5 nitrogen and oxygen atoms in total. The monoisotopic (exact) mass is 290 g/mol. The lowest BCUT2D eigenvalue weighted by Gasteiger charge is -2.06. The number of nitrogens with zero attached hydrogens (tertiary/aromatic N) is 2. The fraction of sp³-hybridized carbons (Fsp3) is 0.357. The number of anilines is 1. The number of aromatic nitrogens is 2. The number of hydrogen-bond donors (Lipinski definition) is 2. The molecule has 0 saturated heterocycles. The molecule has 0 spiro atoms. The van der Waals surface area contributed by atoms with Crippen LogP contribution in [0.15, 0.2) is 23.6 Å². The minimum atomic E-state index is -0.184. The molecule has 0 saturated carbocycles. The van der Waals surface area contributed by atoms with E-state index in [1.807, 2.05) is 24.4 Å². The lowest BCUT2D eigenvalue weighted by atomic mass is 10.3. The van der Waals surface area contributed by atoms with Crippen molar-refractivity contribution in [2.24, 2.45) is 0 Å². The van der Waals surface area contributed by atoms with Gasteiger partial charge in [-0.2, -0.15) is 0 Å². The number of pyridine rings is 1. The van der Waals surface area contributed by atoms with Crippen LogP contribution in [0.25, 0.3) is 0 Å². The Bertz CT molecular complexity index is 582. The van der Waals surface area contributed by atoms with E-state index < -0.39 is 0 Å². The normalized spacial score (nSPS) is 10.3. The predicted molar refractivity (Wildman–Crippen MR) is 81.0 cm³/mol. The molecule has 0 unspecified atom stereocenters. The molecule has 2 aromatic heterocycles. The predicted octanol–water partition coefficient (Wildman–Crippen LogP) is 2.60. The number of amides is 1. The first-order valence-corrected chi connectivity index (χ1v) is 7.47. The number of hydrogen-bond acceptors (Lipinski definition) is 5. The van der Waals surface area contributed by atoms with Crippen LogP contribution >= 0.6 is 11.3 Å². The molecule has 2 heterocycles. The number of nitrogens with one attached hydrogen (secondary N) is 2. The van der Waals surface area contributed by atoms with E-state index in [9.17, 15) is 4.79 Å². The molecule has 0 aliphatic carbocycles. The van der Waals surface area contributed by atoms with Gasteiger partial charge < -0.3 is 10.6 Å². The Morgan fingerprint density at radius 1 is 1.35 bits per heavy atom. The van der Waals surface area contributed by atoms with E-state index in [0.717, 1.165) is 29.5 Å². The molecule has 0 atom stereocenters. The second-order valence-corrected chi connectivity index (χ2v) is 5.44. The van der Waals surface area contributed by atoms with Crippen molar-refractivity contribution in [1.29, 1.82) is 0 Å². The van der Waals surface area contributed by atoms with Crippen LogP contribution in [0.4, 0.5) is 5.82 Å². The van der Waals surface area contributed by atoms with E-state index in [0.29, 0.717) is 12.2 Å². The number of thiazole rings is 1. The summed E-state index contributed by atoms with van der Waals surface area (Å²) in [4.78, 5) is 20.6. The molecular formula is C14H18N4OS. The Labute approximate surface area is 122 Å². The van der Waals surface area contributed by atoms with Crippen LogP contribution in [-0.2, 0) is 6.54 Å². The van der Waals surface area contributed by atoms with E-state index in [-0.39, 0.29) is 5.91 Å². The second kappa shape index (κ2) is 7.00. The number of rotatable bonds is 6. The highest BCUT2D eigenvalue weighted by molar-refractivity contribution is 7.09. The van der Waals surface area contributed by atoms with Crippen molar-refractivity contribution in [3.05, 3.63) is 40.0 Å². The SMILES string of the molecule is CCCNc1cccc(C(=O)NCc2csc(C)n2)n1. The minimum absolute atomic E-state index is 0.184. The average Bonchev–Trinajstić information content (AvgIpc) is 2.88. The van der Waals surface area contributed by atoms with Crippen LogP contribution in [0.1, 0.15) is 34.5 Å². The molecule has 0 fully saturated rings. The van der Waals surface area contributed by atoms with Crippen LogP contribution in [0.2, 0.25) is 0 Å². The first kappa shape index (κ1) is 14.5. The first-order valence-electron chi connectivity index (χ1n) is 6.59. The van der Waals surface area contributed by atoms with Crippen molar-refractivity contribution < 1.29 is 4.79 Å². The second-order valence-electron chi connectivity index (χ2n) is 4.38. The van der Waals surface area contributed by atoms with Crippen LogP contribution in [0.3, 0.4) is 0 Å². The van der Waals surface area contributed by atoms with Gasteiger partial charge >= 0.3 is 0 Å². The van der Waals surface area contributed by atoms with Crippen molar-refractivity contribution in [1.82, 2.24) is 15.3 Å². The van der Waals surface area contributed by atoms with Gasteiger partial charge in [0.25, 0.3) is 5.91 Å². The zero-order valence-electron chi connectivity index (χ0n) is 11.6. The molecule has 106 valence electrons. The Kier molecular flexibility index (Phi) is 5.06.